The maximum absolute atomic E-state index is 3.85. The quantitative estimate of drug-likeness (QED) is 0.0317. The summed E-state index contributed by atoms with van der Waals surface area (Å²) in [6, 6.07) is 0. The molecular formula is C35H76ClN5. The largest absolute Gasteiger partial charge is 1.00 e. The number of guanidine groups is 1. The second-order valence-corrected chi connectivity index (χ2v) is 12.5. The van der Waals surface area contributed by atoms with E-state index in [-0.39, 0.29) is 12.4 Å². The number of hydrogen-bond donors (Lipinski definition) is 2. The zero-order valence-electron chi connectivity index (χ0n) is 29.0. The predicted octanol–water partition coefficient (Wildman–Crippen LogP) is 6.67. The third-order valence-corrected chi connectivity index (χ3v) is 8.10. The molecule has 2 N–H and O–H groups in total. The molecule has 0 saturated heterocycles. The van der Waals surface area contributed by atoms with Crippen molar-refractivity contribution < 1.29 is 17.0 Å². The van der Waals surface area contributed by atoms with Crippen LogP contribution in [0.1, 0.15) is 182 Å². The zero-order valence-corrected chi connectivity index (χ0v) is 29.8. The molecule has 248 valence electrons. The summed E-state index contributed by atoms with van der Waals surface area (Å²) in [6.07, 6.45) is 32.5. The van der Waals surface area contributed by atoms with E-state index in [4.69, 9.17) is 0 Å². The lowest BCUT2D eigenvalue weighted by Crippen LogP contribution is -3.00. The lowest BCUT2D eigenvalue weighted by molar-refractivity contribution is -0.471. The summed E-state index contributed by atoms with van der Waals surface area (Å²) in [5.41, 5.74) is 7.70. The molecular weight excluding hydrogens is 526 g/mol. The lowest BCUT2D eigenvalue weighted by atomic mass is 10.1. The molecule has 0 unspecified atom stereocenters. The second-order valence-electron chi connectivity index (χ2n) is 12.5. The van der Waals surface area contributed by atoms with Gasteiger partial charge in [-0.25, -0.2) is 10.9 Å². The van der Waals surface area contributed by atoms with Gasteiger partial charge in [0.2, 0.25) is 0 Å². The van der Waals surface area contributed by atoms with E-state index in [0.717, 1.165) is 32.1 Å². The summed E-state index contributed by atoms with van der Waals surface area (Å²) in [5.74, 6) is 1.13. The molecule has 0 fully saturated rings. The summed E-state index contributed by atoms with van der Waals surface area (Å²) in [4.78, 5) is 0. The number of nitrogens with zero attached hydrogens (tertiary/aromatic N) is 3. The molecule has 0 aliphatic heterocycles. The van der Waals surface area contributed by atoms with E-state index in [9.17, 15) is 0 Å². The molecule has 0 aliphatic rings. The van der Waals surface area contributed by atoms with Crippen LogP contribution in [-0.2, 0) is 0 Å². The molecule has 0 aromatic rings. The summed E-state index contributed by atoms with van der Waals surface area (Å²) in [7, 11) is 4.35. The van der Waals surface area contributed by atoms with Gasteiger partial charge < -0.3 is 12.4 Å². The fourth-order valence-electron chi connectivity index (χ4n) is 5.30. The van der Waals surface area contributed by atoms with Gasteiger partial charge in [-0.1, -0.05) is 156 Å². The van der Waals surface area contributed by atoms with Crippen LogP contribution >= 0.6 is 0 Å². The number of hydrazine groups is 2. The van der Waals surface area contributed by atoms with Crippen LogP contribution < -0.4 is 23.3 Å². The average Bonchev–Trinajstić information content (AvgIpc) is 2.95. The topological polar surface area (TPSA) is 33.5 Å². The van der Waals surface area contributed by atoms with E-state index in [1.165, 1.54) is 154 Å². The van der Waals surface area contributed by atoms with E-state index in [1.54, 1.807) is 0 Å². The molecule has 0 aliphatic carbocycles. The minimum Gasteiger partial charge on any atom is -1.00 e. The first-order chi connectivity index (χ1) is 19.6. The second kappa shape index (κ2) is 34.0. The van der Waals surface area contributed by atoms with Crippen molar-refractivity contribution in [3.8, 4) is 0 Å². The number of halogens is 1. The van der Waals surface area contributed by atoms with Crippen LogP contribution in [0.5, 0.6) is 0 Å². The molecule has 0 aromatic carbocycles. The first-order valence-electron chi connectivity index (χ1n) is 18.2. The minimum atomic E-state index is 0. The van der Waals surface area contributed by atoms with Crippen LogP contribution in [-0.4, -0.2) is 60.8 Å². The van der Waals surface area contributed by atoms with Gasteiger partial charge in [0.05, 0.1) is 14.1 Å². The van der Waals surface area contributed by atoms with Gasteiger partial charge in [0.25, 0.3) is 0 Å². The molecule has 0 radical (unpaired) electrons. The minimum absolute atomic E-state index is 0. The Balaban J connectivity index is 0. The van der Waals surface area contributed by atoms with Gasteiger partial charge in [0.1, 0.15) is 0 Å². The zero-order chi connectivity index (χ0) is 29.5. The highest BCUT2D eigenvalue weighted by Gasteiger charge is 2.18. The number of hydrogen-bond acceptors (Lipinski definition) is 2. The Kier molecular flexibility index (Phi) is 35.3. The monoisotopic (exact) mass is 602 g/mol. The fourth-order valence-corrected chi connectivity index (χ4v) is 5.30. The fraction of sp³-hybridized carbons (Fsp3) is 0.971. The van der Waals surface area contributed by atoms with Gasteiger partial charge >= 0.3 is 5.96 Å². The van der Waals surface area contributed by atoms with Gasteiger partial charge in [-0.15, -0.1) is 0 Å². The van der Waals surface area contributed by atoms with Crippen molar-refractivity contribution in [2.75, 3.05) is 40.3 Å². The average molecular weight is 602 g/mol. The maximum Gasteiger partial charge on any atom is 0.380 e. The Morgan fingerprint density at radius 1 is 0.390 bits per heavy atom. The van der Waals surface area contributed by atoms with E-state index in [0.29, 0.717) is 0 Å². The van der Waals surface area contributed by atoms with Gasteiger partial charge in [-0.3, -0.25) is 4.58 Å². The highest BCUT2D eigenvalue weighted by Crippen LogP contribution is 2.10. The summed E-state index contributed by atoms with van der Waals surface area (Å²) >= 11 is 0. The van der Waals surface area contributed by atoms with Crippen LogP contribution in [0, 0.1) is 0 Å². The molecule has 0 amide bonds. The highest BCUT2D eigenvalue weighted by molar-refractivity contribution is 5.73. The Morgan fingerprint density at radius 2 is 0.610 bits per heavy atom. The van der Waals surface area contributed by atoms with Crippen molar-refractivity contribution >= 4 is 5.96 Å². The third-order valence-electron chi connectivity index (χ3n) is 8.10. The number of unbranched alkanes of at least 4 members (excludes halogenated alkanes) is 20. The van der Waals surface area contributed by atoms with Crippen LogP contribution in [0.25, 0.3) is 0 Å². The smallest absolute Gasteiger partial charge is 0.380 e. The molecule has 0 heterocycles. The van der Waals surface area contributed by atoms with Crippen LogP contribution in [0.2, 0.25) is 0 Å². The van der Waals surface area contributed by atoms with Gasteiger partial charge in [-0.2, -0.15) is 10.0 Å². The molecule has 0 aromatic heterocycles. The SMILES string of the molecule is CCCCCCCCN(CCCCCCCC)NC(NN(CCCCCCCC)CCCCCCCC)=[N+](C)C.[Cl-]. The number of nitrogens with one attached hydrogen (secondary N) is 2. The van der Waals surface area contributed by atoms with Gasteiger partial charge in [0, 0.05) is 26.2 Å². The molecule has 0 rings (SSSR count). The van der Waals surface area contributed by atoms with Gasteiger partial charge in [0.15, 0.2) is 0 Å². The molecule has 0 saturated carbocycles. The van der Waals surface area contributed by atoms with Gasteiger partial charge in [-0.05, 0) is 25.7 Å². The van der Waals surface area contributed by atoms with E-state index in [2.05, 4.69) is 67.2 Å². The molecule has 0 spiro atoms. The van der Waals surface area contributed by atoms with Crippen molar-refractivity contribution in [1.82, 2.24) is 20.9 Å². The third kappa shape index (κ3) is 29.3. The van der Waals surface area contributed by atoms with Crippen LogP contribution in [0.15, 0.2) is 0 Å². The normalized spacial score (nSPS) is 11.2. The molecule has 5 nitrogen and oxygen atoms in total. The Bertz CT molecular complexity index is 467. The molecule has 6 heteroatoms. The first kappa shape index (κ1) is 42.6. The Labute approximate surface area is 265 Å². The Morgan fingerprint density at radius 3 is 0.829 bits per heavy atom. The van der Waals surface area contributed by atoms with Crippen molar-refractivity contribution in [2.45, 2.75) is 182 Å². The molecule has 0 bridgehead atoms. The van der Waals surface area contributed by atoms with Crippen molar-refractivity contribution in [2.24, 2.45) is 0 Å². The summed E-state index contributed by atoms with van der Waals surface area (Å²) < 4.78 is 2.24. The van der Waals surface area contributed by atoms with Crippen molar-refractivity contribution in [3.05, 3.63) is 0 Å². The van der Waals surface area contributed by atoms with E-state index in [1.807, 2.05) is 0 Å². The summed E-state index contributed by atoms with van der Waals surface area (Å²) in [6.45, 7) is 13.8. The first-order valence-corrected chi connectivity index (χ1v) is 18.2. The molecule has 0 atom stereocenters. The maximum atomic E-state index is 3.85. The van der Waals surface area contributed by atoms with E-state index >= 15 is 0 Å². The standard InChI is InChI=1S/C35H75N5.ClH/c1-7-11-15-19-23-27-31-39(32-28-24-20-16-12-8-2)36-35(38(5)6)37-40(33-29-25-21-17-13-9-3)34-30-26-22-18-14-10-4;/h7-34H2,1-6H3,(H,36,37);1H. The van der Waals surface area contributed by atoms with E-state index < -0.39 is 0 Å². The highest BCUT2D eigenvalue weighted by atomic mass is 35.5. The lowest BCUT2D eigenvalue weighted by Gasteiger charge is -2.25. The van der Waals surface area contributed by atoms with Crippen LogP contribution in [0.4, 0.5) is 0 Å². The van der Waals surface area contributed by atoms with Crippen LogP contribution in [0.3, 0.4) is 0 Å². The van der Waals surface area contributed by atoms with Crippen molar-refractivity contribution in [3.63, 3.8) is 0 Å². The number of rotatable bonds is 30. The Hall–Kier alpha value is -0.520. The van der Waals surface area contributed by atoms with Crippen molar-refractivity contribution in [1.29, 1.82) is 0 Å². The predicted molar refractivity (Wildman–Crippen MR) is 180 cm³/mol. The summed E-state index contributed by atoms with van der Waals surface area (Å²) in [5, 5.41) is 5.02. The molecule has 41 heavy (non-hydrogen) atoms.